The second-order valence-corrected chi connectivity index (χ2v) is 7.38. The highest BCUT2D eigenvalue weighted by molar-refractivity contribution is 5.13. The zero-order valence-corrected chi connectivity index (χ0v) is 13.1. The van der Waals surface area contributed by atoms with Gasteiger partial charge in [0, 0.05) is 0 Å². The van der Waals surface area contributed by atoms with E-state index in [1.54, 1.807) is 0 Å². The maximum absolute atomic E-state index is 2.51. The summed E-state index contributed by atoms with van der Waals surface area (Å²) in [4.78, 5) is 0. The lowest BCUT2D eigenvalue weighted by molar-refractivity contribution is 0.184. The molecule has 106 valence electrons. The average molecular weight is 249 g/mol. The Morgan fingerprint density at radius 1 is 1.06 bits per heavy atom. The lowest BCUT2D eigenvalue weighted by atomic mass is 9.63. The minimum absolute atomic E-state index is 0.616. The van der Waals surface area contributed by atoms with Crippen molar-refractivity contribution >= 4 is 0 Å². The number of hydrogen-bond acceptors (Lipinski definition) is 0. The molecule has 0 amide bonds. The first-order valence-corrected chi connectivity index (χ1v) is 8.45. The van der Waals surface area contributed by atoms with Crippen LogP contribution in [0.5, 0.6) is 0 Å². The zero-order chi connectivity index (χ0) is 13.2. The average Bonchev–Trinajstić information content (AvgIpc) is 2.55. The summed E-state index contributed by atoms with van der Waals surface area (Å²) in [6, 6.07) is 0. The van der Waals surface area contributed by atoms with Crippen LogP contribution < -0.4 is 0 Å². The Kier molecular flexibility index (Phi) is 4.78. The summed E-state index contributed by atoms with van der Waals surface area (Å²) in [6.45, 7) is 9.89. The molecule has 0 radical (unpaired) electrons. The minimum atomic E-state index is 0.616. The van der Waals surface area contributed by atoms with Gasteiger partial charge in [-0.25, -0.2) is 0 Å². The van der Waals surface area contributed by atoms with E-state index in [0.29, 0.717) is 5.41 Å². The normalized spacial score (nSPS) is 39.2. The van der Waals surface area contributed by atoms with Crippen LogP contribution in [0.3, 0.4) is 0 Å². The molecule has 0 heteroatoms. The first-order chi connectivity index (χ1) is 8.60. The van der Waals surface area contributed by atoms with Crippen molar-refractivity contribution in [2.75, 3.05) is 0 Å². The molecule has 0 aliphatic heterocycles. The van der Waals surface area contributed by atoms with Crippen LogP contribution in [0, 0.1) is 29.1 Å². The van der Waals surface area contributed by atoms with Crippen LogP contribution >= 0.6 is 0 Å². The van der Waals surface area contributed by atoms with Crippen molar-refractivity contribution < 1.29 is 0 Å². The van der Waals surface area contributed by atoms with E-state index in [4.69, 9.17) is 0 Å². The largest absolute Gasteiger partial charge is 0.307 e. The third kappa shape index (κ3) is 2.63. The highest BCUT2D eigenvalue weighted by atomic mass is 14.5. The molecule has 18 heavy (non-hydrogen) atoms. The molecule has 2 aliphatic carbocycles. The molecule has 0 aromatic rings. The van der Waals surface area contributed by atoms with Crippen LogP contribution in [0.25, 0.3) is 0 Å². The van der Waals surface area contributed by atoms with Crippen molar-refractivity contribution in [1.82, 2.24) is 0 Å². The summed E-state index contributed by atoms with van der Waals surface area (Å²) < 4.78 is 0. The van der Waals surface area contributed by atoms with E-state index < -0.39 is 0 Å². The van der Waals surface area contributed by atoms with Gasteiger partial charge in [0.05, 0.1) is 0 Å². The predicted molar refractivity (Wildman–Crippen MR) is 80.4 cm³/mol. The Labute approximate surface area is 115 Å². The Morgan fingerprint density at radius 2 is 1.67 bits per heavy atom. The van der Waals surface area contributed by atoms with Gasteiger partial charge in [0.15, 0.2) is 0 Å². The van der Waals surface area contributed by atoms with Gasteiger partial charge in [0.1, 0.15) is 0 Å². The highest BCUT2D eigenvalue weighted by Crippen LogP contribution is 2.59. The quantitative estimate of drug-likeness (QED) is 0.424. The lowest BCUT2D eigenvalue weighted by Crippen LogP contribution is -2.32. The molecular weight excluding hydrogens is 216 g/mol. The Morgan fingerprint density at radius 3 is 2.11 bits per heavy atom. The maximum atomic E-state index is 2.51. The van der Waals surface area contributed by atoms with E-state index in [0.717, 1.165) is 17.8 Å². The molecule has 2 fully saturated rings. The Hall–Kier alpha value is 0. The smallest absolute Gasteiger partial charge is 0.0411 e. The van der Waals surface area contributed by atoms with Gasteiger partial charge in [-0.2, -0.15) is 12.8 Å². The first-order valence-electron chi connectivity index (χ1n) is 8.45. The van der Waals surface area contributed by atoms with Gasteiger partial charge in [-0.05, 0) is 11.8 Å². The molecule has 0 bridgehead atoms. The van der Waals surface area contributed by atoms with E-state index in [1.165, 1.54) is 57.8 Å². The molecule has 2 aliphatic rings. The van der Waals surface area contributed by atoms with Gasteiger partial charge in [-0.15, -0.1) is 5.41 Å². The van der Waals surface area contributed by atoms with Crippen LogP contribution in [0.15, 0.2) is 0 Å². The predicted octanol–water partition coefficient (Wildman–Crippen LogP) is 6.01. The van der Waals surface area contributed by atoms with Crippen molar-refractivity contribution in [1.29, 1.82) is 0 Å². The molecule has 0 aromatic carbocycles. The Balaban J connectivity index is 2.16. The summed E-state index contributed by atoms with van der Waals surface area (Å²) in [5.41, 5.74) is 0.616. The van der Waals surface area contributed by atoms with Gasteiger partial charge in [0.25, 0.3) is 0 Å². The topological polar surface area (TPSA) is 0 Å². The van der Waals surface area contributed by atoms with E-state index in [9.17, 15) is 0 Å². The number of rotatable bonds is 3. The molecule has 2 saturated carbocycles. The molecule has 0 spiro atoms. The van der Waals surface area contributed by atoms with Gasteiger partial charge in [-0.1, -0.05) is 78.6 Å². The lowest BCUT2D eigenvalue weighted by Gasteiger charge is -2.54. The monoisotopic (exact) mass is 249 g/mol. The molecule has 0 saturated heterocycles. The minimum Gasteiger partial charge on any atom is -0.307 e. The van der Waals surface area contributed by atoms with E-state index in [-0.39, 0.29) is 0 Å². The van der Waals surface area contributed by atoms with Crippen LogP contribution in [-0.2, 0) is 0 Å². The molecule has 3 unspecified atom stereocenters. The van der Waals surface area contributed by atoms with Gasteiger partial charge in [0.2, 0.25) is 0 Å². The van der Waals surface area contributed by atoms with Crippen molar-refractivity contribution in [3.05, 3.63) is 5.92 Å². The van der Waals surface area contributed by atoms with Crippen molar-refractivity contribution in [3.63, 3.8) is 0 Å². The molecule has 0 aromatic heterocycles. The van der Waals surface area contributed by atoms with Crippen molar-refractivity contribution in [3.8, 4) is 0 Å². The summed E-state index contributed by atoms with van der Waals surface area (Å²) >= 11 is 0. The van der Waals surface area contributed by atoms with Crippen LogP contribution in [-0.4, -0.2) is 0 Å². The second kappa shape index (κ2) is 5.97. The fourth-order valence-electron chi connectivity index (χ4n) is 4.86. The standard InChI is InChI=1S/C18H33/c1-5-16-13-18(14(2)3,12-15(16)4)17-10-8-6-7-9-11-17/h14-16H,5-13H2,1-4H3/q-1. The molecule has 0 N–H and O–H groups in total. The van der Waals surface area contributed by atoms with Crippen LogP contribution in [0.4, 0.5) is 0 Å². The molecule has 2 rings (SSSR count). The van der Waals surface area contributed by atoms with Gasteiger partial charge < -0.3 is 5.92 Å². The molecule has 0 heterocycles. The maximum Gasteiger partial charge on any atom is -0.0411 e. The van der Waals surface area contributed by atoms with Gasteiger partial charge in [-0.3, -0.25) is 0 Å². The van der Waals surface area contributed by atoms with E-state index >= 15 is 0 Å². The van der Waals surface area contributed by atoms with E-state index in [2.05, 4.69) is 27.7 Å². The summed E-state index contributed by atoms with van der Waals surface area (Å²) in [6.07, 6.45) is 13.2. The van der Waals surface area contributed by atoms with Gasteiger partial charge >= 0.3 is 0 Å². The third-order valence-electron chi connectivity index (χ3n) is 6.16. The number of hydrogen-bond donors (Lipinski definition) is 0. The first kappa shape index (κ1) is 14.4. The van der Waals surface area contributed by atoms with Crippen molar-refractivity contribution in [2.24, 2.45) is 23.2 Å². The summed E-state index contributed by atoms with van der Waals surface area (Å²) in [7, 11) is 0. The second-order valence-electron chi connectivity index (χ2n) is 7.38. The summed E-state index contributed by atoms with van der Waals surface area (Å²) in [5.74, 6) is 4.76. The molecule has 3 atom stereocenters. The summed E-state index contributed by atoms with van der Waals surface area (Å²) in [5, 5.41) is 0. The fraction of sp³-hybridized carbons (Fsp3) is 0.944. The molecule has 0 nitrogen and oxygen atoms in total. The third-order valence-corrected chi connectivity index (χ3v) is 6.16. The molecular formula is C18H33-. The highest BCUT2D eigenvalue weighted by Gasteiger charge is 2.41. The van der Waals surface area contributed by atoms with Crippen molar-refractivity contribution in [2.45, 2.75) is 85.5 Å². The Bertz CT molecular complexity index is 247. The van der Waals surface area contributed by atoms with E-state index in [1.807, 2.05) is 5.92 Å². The SMILES string of the molecule is CCC1CC([C-]2CCCCCC2)(C(C)C)CC1C. The fourth-order valence-corrected chi connectivity index (χ4v) is 4.86. The van der Waals surface area contributed by atoms with Crippen LogP contribution in [0.2, 0.25) is 0 Å². The zero-order valence-electron chi connectivity index (χ0n) is 13.1. The van der Waals surface area contributed by atoms with Crippen LogP contribution in [0.1, 0.15) is 85.5 Å².